The van der Waals surface area contributed by atoms with Gasteiger partial charge in [-0.15, -0.1) is 0 Å². The van der Waals surface area contributed by atoms with E-state index in [-0.39, 0.29) is 24.8 Å². The van der Waals surface area contributed by atoms with Crippen LogP contribution < -0.4 is 10.1 Å². The second-order valence-corrected chi connectivity index (χ2v) is 4.41. The van der Waals surface area contributed by atoms with Gasteiger partial charge in [-0.25, -0.2) is 0 Å². The maximum atomic E-state index is 12.1. The first-order valence-electron chi connectivity index (χ1n) is 6.43. The molecule has 0 saturated carbocycles. The number of para-hydroxylation sites is 1. The maximum Gasteiger partial charge on any atom is 0.261 e. The Hall–Kier alpha value is -2.37. The molecule has 1 aromatic rings. The molecule has 1 fully saturated rings. The lowest BCUT2D eigenvalue weighted by Crippen LogP contribution is -2.46. The number of imide groups is 1. The Labute approximate surface area is 116 Å². The van der Waals surface area contributed by atoms with Crippen molar-refractivity contribution >= 4 is 17.7 Å². The minimum atomic E-state index is -0.723. The predicted octanol–water partition coefficient (Wildman–Crippen LogP) is 0.329. The SMILES string of the molecule is CCN(C(=O)COc1ccccc1)[C@H]1CC(=O)NC1=O. The number of likely N-dealkylation sites (N-methyl/N-ethyl adjacent to an activating group) is 1. The van der Waals surface area contributed by atoms with Gasteiger partial charge in [-0.2, -0.15) is 0 Å². The van der Waals surface area contributed by atoms with Crippen LogP contribution in [0.4, 0.5) is 0 Å². The molecule has 6 nitrogen and oxygen atoms in total. The highest BCUT2D eigenvalue weighted by Gasteiger charge is 2.37. The molecular weight excluding hydrogens is 260 g/mol. The second kappa shape index (κ2) is 6.18. The number of carbonyl (C=O) groups excluding carboxylic acids is 3. The fraction of sp³-hybridized carbons (Fsp3) is 0.357. The van der Waals surface area contributed by atoms with E-state index >= 15 is 0 Å². The van der Waals surface area contributed by atoms with E-state index in [4.69, 9.17) is 4.74 Å². The van der Waals surface area contributed by atoms with Gasteiger partial charge in [0.25, 0.3) is 5.91 Å². The molecule has 0 aromatic heterocycles. The monoisotopic (exact) mass is 276 g/mol. The van der Waals surface area contributed by atoms with Crippen molar-refractivity contribution in [2.24, 2.45) is 0 Å². The van der Waals surface area contributed by atoms with Gasteiger partial charge >= 0.3 is 0 Å². The van der Waals surface area contributed by atoms with Crippen molar-refractivity contribution in [2.45, 2.75) is 19.4 Å². The van der Waals surface area contributed by atoms with Gasteiger partial charge in [0.15, 0.2) is 6.61 Å². The Morgan fingerprint density at radius 3 is 2.60 bits per heavy atom. The Kier molecular flexibility index (Phi) is 4.34. The predicted molar refractivity (Wildman–Crippen MR) is 70.9 cm³/mol. The summed E-state index contributed by atoms with van der Waals surface area (Å²) in [4.78, 5) is 36.2. The number of nitrogens with zero attached hydrogens (tertiary/aromatic N) is 1. The zero-order valence-electron chi connectivity index (χ0n) is 11.2. The Bertz CT molecular complexity index is 515. The van der Waals surface area contributed by atoms with Crippen LogP contribution in [0.15, 0.2) is 30.3 Å². The summed E-state index contributed by atoms with van der Waals surface area (Å²) in [5.41, 5.74) is 0. The fourth-order valence-electron chi connectivity index (χ4n) is 2.11. The summed E-state index contributed by atoms with van der Waals surface area (Å²) in [6.45, 7) is 1.95. The van der Waals surface area contributed by atoms with Gasteiger partial charge in [-0.1, -0.05) is 18.2 Å². The van der Waals surface area contributed by atoms with Gasteiger partial charge in [0, 0.05) is 6.54 Å². The van der Waals surface area contributed by atoms with Crippen molar-refractivity contribution in [3.05, 3.63) is 30.3 Å². The van der Waals surface area contributed by atoms with E-state index in [1.54, 1.807) is 31.2 Å². The number of hydrogen-bond donors (Lipinski definition) is 1. The molecule has 1 aromatic carbocycles. The average Bonchev–Trinajstić information content (AvgIpc) is 2.77. The molecule has 106 valence electrons. The van der Waals surface area contributed by atoms with Crippen LogP contribution >= 0.6 is 0 Å². The lowest BCUT2D eigenvalue weighted by molar-refractivity contribution is -0.140. The van der Waals surface area contributed by atoms with Gasteiger partial charge in [0.05, 0.1) is 6.42 Å². The minimum Gasteiger partial charge on any atom is -0.484 e. The summed E-state index contributed by atoms with van der Waals surface area (Å²) in [5, 5.41) is 2.20. The summed E-state index contributed by atoms with van der Waals surface area (Å²) in [5.74, 6) is -0.504. The first-order valence-corrected chi connectivity index (χ1v) is 6.43. The molecule has 3 amide bonds. The molecule has 1 N–H and O–H groups in total. The van der Waals surface area contributed by atoms with E-state index in [2.05, 4.69) is 5.32 Å². The minimum absolute atomic E-state index is 0.0176. The molecule has 1 aliphatic heterocycles. The molecule has 0 unspecified atom stereocenters. The molecule has 1 atom stereocenters. The zero-order chi connectivity index (χ0) is 14.5. The summed E-state index contributed by atoms with van der Waals surface area (Å²) >= 11 is 0. The number of nitrogens with one attached hydrogen (secondary N) is 1. The van der Waals surface area contributed by atoms with E-state index in [9.17, 15) is 14.4 Å². The third-order valence-corrected chi connectivity index (χ3v) is 3.09. The molecule has 2 rings (SSSR count). The summed E-state index contributed by atoms with van der Waals surface area (Å²) in [6.07, 6.45) is 0.0176. The summed E-state index contributed by atoms with van der Waals surface area (Å²) in [6, 6.07) is 8.23. The van der Waals surface area contributed by atoms with Gasteiger partial charge in [-0.05, 0) is 19.1 Å². The van der Waals surface area contributed by atoms with E-state index < -0.39 is 11.9 Å². The number of benzene rings is 1. The van der Waals surface area contributed by atoms with Crippen molar-refractivity contribution in [2.75, 3.05) is 13.2 Å². The van der Waals surface area contributed by atoms with Gasteiger partial charge in [0.1, 0.15) is 11.8 Å². The van der Waals surface area contributed by atoms with Crippen LogP contribution in [0.2, 0.25) is 0 Å². The summed E-state index contributed by atoms with van der Waals surface area (Å²) < 4.78 is 5.36. The van der Waals surface area contributed by atoms with Crippen molar-refractivity contribution in [3.8, 4) is 5.75 Å². The van der Waals surface area contributed by atoms with Crippen LogP contribution in [0.1, 0.15) is 13.3 Å². The normalized spacial score (nSPS) is 17.8. The van der Waals surface area contributed by atoms with E-state index in [1.165, 1.54) is 4.90 Å². The third-order valence-electron chi connectivity index (χ3n) is 3.09. The van der Waals surface area contributed by atoms with Crippen LogP contribution in [-0.4, -0.2) is 41.8 Å². The van der Waals surface area contributed by atoms with Crippen molar-refractivity contribution in [3.63, 3.8) is 0 Å². The topological polar surface area (TPSA) is 75.7 Å². The number of rotatable bonds is 5. The van der Waals surface area contributed by atoms with Crippen LogP contribution in [-0.2, 0) is 14.4 Å². The molecule has 6 heteroatoms. The van der Waals surface area contributed by atoms with Gasteiger partial charge in [0.2, 0.25) is 11.8 Å². The fourth-order valence-corrected chi connectivity index (χ4v) is 2.11. The largest absolute Gasteiger partial charge is 0.484 e. The van der Waals surface area contributed by atoms with Crippen molar-refractivity contribution in [1.82, 2.24) is 10.2 Å². The Morgan fingerprint density at radius 1 is 1.35 bits per heavy atom. The number of carbonyl (C=O) groups is 3. The number of hydrogen-bond acceptors (Lipinski definition) is 4. The maximum absolute atomic E-state index is 12.1. The van der Waals surface area contributed by atoms with Crippen LogP contribution in [0.25, 0.3) is 0 Å². The molecule has 1 aliphatic rings. The molecule has 0 aliphatic carbocycles. The first-order chi connectivity index (χ1) is 9.61. The van der Waals surface area contributed by atoms with Crippen LogP contribution in [0, 0.1) is 0 Å². The highest BCUT2D eigenvalue weighted by atomic mass is 16.5. The van der Waals surface area contributed by atoms with Crippen LogP contribution in [0.5, 0.6) is 5.75 Å². The molecule has 0 spiro atoms. The van der Waals surface area contributed by atoms with E-state index in [1.807, 2.05) is 6.07 Å². The molecular formula is C14H16N2O4. The lowest BCUT2D eigenvalue weighted by Gasteiger charge is -2.25. The smallest absolute Gasteiger partial charge is 0.261 e. The van der Waals surface area contributed by atoms with Crippen molar-refractivity contribution in [1.29, 1.82) is 0 Å². The highest BCUT2D eigenvalue weighted by Crippen LogP contribution is 2.13. The van der Waals surface area contributed by atoms with Crippen molar-refractivity contribution < 1.29 is 19.1 Å². The van der Waals surface area contributed by atoms with Crippen LogP contribution in [0.3, 0.4) is 0 Å². The van der Waals surface area contributed by atoms with Gasteiger partial charge < -0.3 is 9.64 Å². The molecule has 1 heterocycles. The lowest BCUT2D eigenvalue weighted by atomic mass is 10.2. The Balaban J connectivity index is 1.96. The highest BCUT2D eigenvalue weighted by molar-refractivity contribution is 6.06. The zero-order valence-corrected chi connectivity index (χ0v) is 11.2. The average molecular weight is 276 g/mol. The standard InChI is InChI=1S/C14H16N2O4/c1-2-16(11-8-12(17)15-14(11)19)13(18)9-20-10-6-4-3-5-7-10/h3-7,11H,2,8-9H2,1H3,(H,15,17,19)/t11-/m0/s1. The number of ether oxygens (including phenoxy) is 1. The third kappa shape index (κ3) is 3.14. The van der Waals surface area contributed by atoms with Gasteiger partial charge in [-0.3, -0.25) is 19.7 Å². The second-order valence-electron chi connectivity index (χ2n) is 4.41. The quantitative estimate of drug-likeness (QED) is 0.786. The molecule has 0 bridgehead atoms. The molecule has 1 saturated heterocycles. The number of amides is 3. The van der Waals surface area contributed by atoms with E-state index in [0.717, 1.165) is 0 Å². The Morgan fingerprint density at radius 2 is 2.05 bits per heavy atom. The molecule has 0 radical (unpaired) electrons. The molecule has 20 heavy (non-hydrogen) atoms. The first kappa shape index (κ1) is 14.0. The summed E-state index contributed by atoms with van der Waals surface area (Å²) in [7, 11) is 0. The van der Waals surface area contributed by atoms with E-state index in [0.29, 0.717) is 12.3 Å².